The Morgan fingerprint density at radius 2 is 1.76 bits per heavy atom. The summed E-state index contributed by atoms with van der Waals surface area (Å²) in [7, 11) is 0. The van der Waals surface area contributed by atoms with Crippen molar-refractivity contribution < 1.29 is 14.3 Å². The highest BCUT2D eigenvalue weighted by atomic mass is 16.5. The smallest absolute Gasteiger partial charge is 0.223 e. The summed E-state index contributed by atoms with van der Waals surface area (Å²) in [5.74, 6) is 0.312. The summed E-state index contributed by atoms with van der Waals surface area (Å²) in [5, 5.41) is 2.95. The second-order valence-corrected chi connectivity index (χ2v) is 5.26. The van der Waals surface area contributed by atoms with Crippen LogP contribution in [0.2, 0.25) is 0 Å². The molecule has 0 radical (unpaired) electrons. The molecule has 1 amide bonds. The zero-order chi connectivity index (χ0) is 15.8. The predicted octanol–water partition coefficient (Wildman–Crippen LogP) is 2.09. The molecule has 5 heteroatoms. The Balaban J connectivity index is 3.52. The average Bonchev–Trinajstić information content (AvgIpc) is 2.50. The zero-order valence-corrected chi connectivity index (χ0v) is 13.9. The third kappa shape index (κ3) is 12.8. The van der Waals surface area contributed by atoms with Crippen molar-refractivity contribution in [2.75, 3.05) is 39.5 Å². The second-order valence-electron chi connectivity index (χ2n) is 5.26. The van der Waals surface area contributed by atoms with Crippen LogP contribution in [0.15, 0.2) is 0 Å². The first-order valence-electron chi connectivity index (χ1n) is 8.39. The summed E-state index contributed by atoms with van der Waals surface area (Å²) in [6.07, 6.45) is 6.77. The fourth-order valence-electron chi connectivity index (χ4n) is 2.13. The van der Waals surface area contributed by atoms with Gasteiger partial charge in [-0.25, -0.2) is 0 Å². The number of ether oxygens (including phenoxy) is 2. The fourth-order valence-corrected chi connectivity index (χ4v) is 2.13. The van der Waals surface area contributed by atoms with Gasteiger partial charge >= 0.3 is 0 Å². The van der Waals surface area contributed by atoms with Gasteiger partial charge in [0.15, 0.2) is 0 Å². The van der Waals surface area contributed by atoms with Crippen molar-refractivity contribution in [3.8, 4) is 0 Å². The molecule has 0 bridgehead atoms. The Kier molecular flexibility index (Phi) is 15.2. The first kappa shape index (κ1) is 20.3. The van der Waals surface area contributed by atoms with E-state index in [0.29, 0.717) is 39.5 Å². The quantitative estimate of drug-likeness (QED) is 0.454. The number of hydrogen-bond donors (Lipinski definition) is 2. The van der Waals surface area contributed by atoms with E-state index in [-0.39, 0.29) is 11.8 Å². The lowest BCUT2D eigenvalue weighted by Crippen LogP contribution is -2.33. The van der Waals surface area contributed by atoms with Crippen molar-refractivity contribution in [3.05, 3.63) is 0 Å². The molecule has 0 aromatic carbocycles. The normalized spacial score (nSPS) is 12.3. The Hall–Kier alpha value is -0.650. The van der Waals surface area contributed by atoms with Gasteiger partial charge in [0.1, 0.15) is 0 Å². The number of nitrogens with one attached hydrogen (secondary N) is 1. The Labute approximate surface area is 129 Å². The van der Waals surface area contributed by atoms with Crippen LogP contribution < -0.4 is 11.1 Å². The predicted molar refractivity (Wildman–Crippen MR) is 86.2 cm³/mol. The van der Waals surface area contributed by atoms with Crippen LogP contribution >= 0.6 is 0 Å². The van der Waals surface area contributed by atoms with E-state index in [2.05, 4.69) is 19.2 Å². The van der Waals surface area contributed by atoms with E-state index in [4.69, 9.17) is 15.2 Å². The summed E-state index contributed by atoms with van der Waals surface area (Å²) in [4.78, 5) is 12.0. The monoisotopic (exact) mass is 302 g/mol. The Morgan fingerprint density at radius 1 is 1.05 bits per heavy atom. The van der Waals surface area contributed by atoms with Crippen LogP contribution in [0.25, 0.3) is 0 Å². The van der Waals surface area contributed by atoms with Crippen LogP contribution in [-0.4, -0.2) is 45.4 Å². The number of hydrogen-bond acceptors (Lipinski definition) is 4. The molecule has 0 fully saturated rings. The van der Waals surface area contributed by atoms with Gasteiger partial charge in [-0.15, -0.1) is 0 Å². The molecule has 21 heavy (non-hydrogen) atoms. The van der Waals surface area contributed by atoms with E-state index < -0.39 is 0 Å². The van der Waals surface area contributed by atoms with Crippen LogP contribution in [0.1, 0.15) is 52.4 Å². The number of unbranched alkanes of at least 4 members (excludes halogenated alkanes) is 3. The highest BCUT2D eigenvalue weighted by Crippen LogP contribution is 2.14. The third-order valence-electron chi connectivity index (χ3n) is 3.45. The van der Waals surface area contributed by atoms with Crippen molar-refractivity contribution in [1.29, 1.82) is 0 Å². The molecule has 0 aliphatic carbocycles. The number of carbonyl (C=O) groups excluding carboxylic acids is 1. The van der Waals surface area contributed by atoms with Gasteiger partial charge in [0.25, 0.3) is 0 Å². The topological polar surface area (TPSA) is 73.6 Å². The maximum absolute atomic E-state index is 12.0. The molecule has 0 saturated carbocycles. The molecule has 0 aliphatic heterocycles. The summed E-state index contributed by atoms with van der Waals surface area (Å²) < 4.78 is 10.6. The van der Waals surface area contributed by atoms with Gasteiger partial charge in [-0.05, 0) is 12.8 Å². The highest BCUT2D eigenvalue weighted by Gasteiger charge is 2.15. The van der Waals surface area contributed by atoms with E-state index in [0.717, 1.165) is 19.3 Å². The molecule has 3 N–H and O–H groups in total. The molecule has 0 aromatic rings. The van der Waals surface area contributed by atoms with Crippen molar-refractivity contribution in [3.63, 3.8) is 0 Å². The molecule has 0 rings (SSSR count). The van der Waals surface area contributed by atoms with E-state index in [1.165, 1.54) is 19.3 Å². The van der Waals surface area contributed by atoms with Crippen molar-refractivity contribution >= 4 is 5.91 Å². The fraction of sp³-hybridized carbons (Fsp3) is 0.938. The molecule has 126 valence electrons. The molecule has 0 spiro atoms. The Morgan fingerprint density at radius 3 is 2.38 bits per heavy atom. The van der Waals surface area contributed by atoms with Gasteiger partial charge in [0.2, 0.25) is 5.91 Å². The number of nitrogens with two attached hydrogens (primary N) is 1. The molecule has 0 saturated heterocycles. The molecule has 1 atom stereocenters. The van der Waals surface area contributed by atoms with Crippen LogP contribution in [0.3, 0.4) is 0 Å². The van der Waals surface area contributed by atoms with Crippen molar-refractivity contribution in [2.45, 2.75) is 52.4 Å². The minimum Gasteiger partial charge on any atom is -0.378 e. The van der Waals surface area contributed by atoms with Crippen molar-refractivity contribution in [1.82, 2.24) is 5.32 Å². The molecule has 0 aromatic heterocycles. The SMILES string of the molecule is CCCCCCC(CC)C(=O)NCCOCCOCCN. The highest BCUT2D eigenvalue weighted by molar-refractivity contribution is 5.78. The maximum Gasteiger partial charge on any atom is 0.223 e. The van der Waals surface area contributed by atoms with Gasteiger partial charge in [-0.3, -0.25) is 4.79 Å². The molecular formula is C16H34N2O3. The van der Waals surface area contributed by atoms with E-state index >= 15 is 0 Å². The van der Waals surface area contributed by atoms with Crippen molar-refractivity contribution in [2.24, 2.45) is 11.7 Å². The number of carbonyl (C=O) groups is 1. The van der Waals surface area contributed by atoms with Gasteiger partial charge in [0.05, 0.1) is 26.4 Å². The van der Waals surface area contributed by atoms with Crippen LogP contribution in [0, 0.1) is 5.92 Å². The molecule has 1 unspecified atom stereocenters. The first-order chi connectivity index (χ1) is 10.3. The lowest BCUT2D eigenvalue weighted by atomic mass is 9.97. The van der Waals surface area contributed by atoms with E-state index in [1.54, 1.807) is 0 Å². The lowest BCUT2D eigenvalue weighted by molar-refractivity contribution is -0.125. The minimum absolute atomic E-state index is 0.148. The van der Waals surface area contributed by atoms with Crippen LogP contribution in [0.5, 0.6) is 0 Å². The zero-order valence-electron chi connectivity index (χ0n) is 13.9. The summed E-state index contributed by atoms with van der Waals surface area (Å²) in [5.41, 5.74) is 5.30. The molecular weight excluding hydrogens is 268 g/mol. The van der Waals surface area contributed by atoms with Gasteiger partial charge in [-0.2, -0.15) is 0 Å². The van der Waals surface area contributed by atoms with E-state index in [1.807, 2.05) is 0 Å². The number of rotatable bonds is 15. The minimum atomic E-state index is 0.148. The third-order valence-corrected chi connectivity index (χ3v) is 3.45. The lowest BCUT2D eigenvalue weighted by Gasteiger charge is -2.15. The standard InChI is InChI=1S/C16H34N2O3/c1-3-5-6-7-8-15(4-2)16(19)18-10-12-21-14-13-20-11-9-17/h15H,3-14,17H2,1-2H3,(H,18,19). The Bertz CT molecular complexity index is 238. The summed E-state index contributed by atoms with van der Waals surface area (Å²) in [6, 6.07) is 0. The first-order valence-corrected chi connectivity index (χ1v) is 8.39. The molecule has 5 nitrogen and oxygen atoms in total. The van der Waals surface area contributed by atoms with Gasteiger partial charge in [-0.1, -0.05) is 39.5 Å². The summed E-state index contributed by atoms with van der Waals surface area (Å²) >= 11 is 0. The second kappa shape index (κ2) is 15.7. The van der Waals surface area contributed by atoms with Gasteiger partial charge in [0, 0.05) is 19.0 Å². The van der Waals surface area contributed by atoms with E-state index in [9.17, 15) is 4.79 Å². The summed E-state index contributed by atoms with van der Waals surface area (Å²) in [6.45, 7) is 7.58. The van der Waals surface area contributed by atoms with Crippen LogP contribution in [0.4, 0.5) is 0 Å². The maximum atomic E-state index is 12.0. The molecule has 0 heterocycles. The molecule has 0 aliphatic rings. The number of amides is 1. The average molecular weight is 302 g/mol. The van der Waals surface area contributed by atoms with Crippen LogP contribution in [-0.2, 0) is 14.3 Å². The largest absolute Gasteiger partial charge is 0.378 e. The van der Waals surface area contributed by atoms with Gasteiger partial charge < -0.3 is 20.5 Å².